The van der Waals surface area contributed by atoms with E-state index in [1.165, 1.54) is 0 Å². The summed E-state index contributed by atoms with van der Waals surface area (Å²) in [6.07, 6.45) is 0. The Morgan fingerprint density at radius 2 is 1.38 bits per heavy atom. The Balaban J connectivity index is 1.62. The highest BCUT2D eigenvalue weighted by atomic mass is 35.5. The number of hydrogen-bond donors (Lipinski definition) is 0. The Morgan fingerprint density at radius 1 is 0.690 bits per heavy atom. The smallest absolute Gasteiger partial charge is 0.146 e. The number of halogens is 1. The molecule has 6 aromatic rings. The van der Waals surface area contributed by atoms with E-state index in [9.17, 15) is 0 Å². The highest BCUT2D eigenvalue weighted by Gasteiger charge is 2.23. The molecule has 7 nitrogen and oxygen atoms in total. The second-order valence-corrected chi connectivity index (χ2v) is 10.3. The summed E-state index contributed by atoms with van der Waals surface area (Å²) in [4.78, 5) is 21.7. The highest BCUT2D eigenvalue weighted by Crippen LogP contribution is 2.39. The maximum atomic E-state index is 6.31. The number of aryl methyl sites for hydroxylation is 2. The third kappa shape index (κ3) is 5.19. The van der Waals surface area contributed by atoms with E-state index in [1.54, 1.807) is 14.2 Å². The second kappa shape index (κ2) is 11.6. The Hall–Kier alpha value is -4.75. The van der Waals surface area contributed by atoms with Gasteiger partial charge in [0.15, 0.2) is 0 Å². The first-order valence-corrected chi connectivity index (χ1v) is 14.2. The van der Waals surface area contributed by atoms with Gasteiger partial charge in [0.05, 0.1) is 37.7 Å². The molecule has 0 bridgehead atoms. The number of ether oxygens (including phenoxy) is 2. The molecule has 0 aliphatic carbocycles. The van der Waals surface area contributed by atoms with Crippen LogP contribution >= 0.6 is 11.6 Å². The molecule has 42 heavy (non-hydrogen) atoms. The van der Waals surface area contributed by atoms with E-state index in [2.05, 4.69) is 48.2 Å². The average molecular weight is 576 g/mol. The van der Waals surface area contributed by atoms with E-state index in [0.29, 0.717) is 18.2 Å². The average Bonchev–Trinajstić information content (AvgIpc) is 3.03. The van der Waals surface area contributed by atoms with E-state index in [0.717, 1.165) is 67.2 Å². The first-order chi connectivity index (χ1) is 20.5. The largest absolute Gasteiger partial charge is 0.497 e. The molecule has 0 spiro atoms. The Labute approximate surface area is 249 Å². The Morgan fingerprint density at radius 3 is 2.07 bits per heavy atom. The third-order valence-electron chi connectivity index (χ3n) is 7.38. The van der Waals surface area contributed by atoms with Crippen molar-refractivity contribution in [3.8, 4) is 22.6 Å². The topological polar surface area (TPSA) is 73.3 Å². The number of para-hydroxylation sites is 1. The maximum Gasteiger partial charge on any atom is 0.146 e. The van der Waals surface area contributed by atoms with Crippen molar-refractivity contribution in [2.45, 2.75) is 26.3 Å². The van der Waals surface area contributed by atoms with Gasteiger partial charge in [-0.3, -0.25) is 0 Å². The number of anilines is 2. The van der Waals surface area contributed by atoms with Crippen molar-refractivity contribution in [2.24, 2.45) is 0 Å². The van der Waals surface area contributed by atoms with E-state index >= 15 is 0 Å². The van der Waals surface area contributed by atoms with Gasteiger partial charge in [0, 0.05) is 10.8 Å². The van der Waals surface area contributed by atoms with Crippen molar-refractivity contribution in [3.63, 3.8) is 0 Å². The zero-order valence-corrected chi connectivity index (χ0v) is 24.7. The number of alkyl halides is 1. The molecule has 0 amide bonds. The summed E-state index contributed by atoms with van der Waals surface area (Å²) < 4.78 is 10.8. The van der Waals surface area contributed by atoms with Crippen molar-refractivity contribution in [2.75, 3.05) is 19.1 Å². The lowest BCUT2D eigenvalue weighted by Crippen LogP contribution is -2.21. The number of methoxy groups -OCH3 is 2. The summed E-state index contributed by atoms with van der Waals surface area (Å²) in [6.45, 7) is 4.55. The molecule has 0 aliphatic heterocycles. The zero-order valence-electron chi connectivity index (χ0n) is 23.9. The molecular weight excluding hydrogens is 546 g/mol. The van der Waals surface area contributed by atoms with Crippen LogP contribution in [-0.4, -0.2) is 34.2 Å². The molecule has 0 unspecified atom stereocenters. The molecular formula is C34H30ClN5O2. The molecule has 210 valence electrons. The van der Waals surface area contributed by atoms with E-state index in [1.807, 2.05) is 55.5 Å². The van der Waals surface area contributed by atoms with Crippen LogP contribution in [-0.2, 0) is 12.4 Å². The SMILES string of the molecule is COc1ccc(CN(c2nc(CCl)nc3ccccc23)c2nc(C)nc3ccc(-c4ccc(OC)cc4)c(C)c23)cc1. The van der Waals surface area contributed by atoms with Crippen LogP contribution in [0, 0.1) is 13.8 Å². The minimum absolute atomic E-state index is 0.193. The van der Waals surface area contributed by atoms with Gasteiger partial charge in [-0.1, -0.05) is 42.5 Å². The van der Waals surface area contributed by atoms with Crippen LogP contribution in [0.15, 0.2) is 84.9 Å². The van der Waals surface area contributed by atoms with E-state index < -0.39 is 0 Å². The fourth-order valence-electron chi connectivity index (χ4n) is 5.30. The number of nitrogens with zero attached hydrogens (tertiary/aromatic N) is 5. The van der Waals surface area contributed by atoms with Crippen molar-refractivity contribution in [3.05, 3.63) is 108 Å². The molecule has 2 aromatic heterocycles. The van der Waals surface area contributed by atoms with Crippen LogP contribution in [0.5, 0.6) is 11.5 Å². The van der Waals surface area contributed by atoms with Gasteiger partial charge in [-0.2, -0.15) is 0 Å². The predicted molar refractivity (Wildman–Crippen MR) is 169 cm³/mol. The molecule has 0 atom stereocenters. The van der Waals surface area contributed by atoms with Crippen molar-refractivity contribution < 1.29 is 9.47 Å². The van der Waals surface area contributed by atoms with Crippen LogP contribution in [0.25, 0.3) is 32.9 Å². The first kappa shape index (κ1) is 27.4. The normalized spacial score (nSPS) is 11.2. The maximum absolute atomic E-state index is 6.31. The number of benzene rings is 4. The van der Waals surface area contributed by atoms with E-state index in [4.69, 9.17) is 41.0 Å². The first-order valence-electron chi connectivity index (χ1n) is 13.6. The van der Waals surface area contributed by atoms with Gasteiger partial charge in [-0.25, -0.2) is 19.9 Å². The summed E-state index contributed by atoms with van der Waals surface area (Å²) >= 11 is 6.31. The van der Waals surface area contributed by atoms with Crippen LogP contribution in [0.2, 0.25) is 0 Å². The molecule has 0 saturated carbocycles. The number of hydrogen-bond acceptors (Lipinski definition) is 7. The lowest BCUT2D eigenvalue weighted by atomic mass is 9.96. The Bertz CT molecular complexity index is 1890. The van der Waals surface area contributed by atoms with Gasteiger partial charge in [0.2, 0.25) is 0 Å². The molecule has 4 aromatic carbocycles. The molecule has 8 heteroatoms. The lowest BCUT2D eigenvalue weighted by Gasteiger charge is -2.27. The minimum atomic E-state index is 0.193. The van der Waals surface area contributed by atoms with Gasteiger partial charge in [0.25, 0.3) is 0 Å². The number of aromatic nitrogens is 4. The van der Waals surface area contributed by atoms with Crippen molar-refractivity contribution in [1.29, 1.82) is 0 Å². The van der Waals surface area contributed by atoms with Crippen LogP contribution in [0.4, 0.5) is 11.6 Å². The number of fused-ring (bicyclic) bond motifs is 2. The summed E-state index contributed by atoms with van der Waals surface area (Å²) in [6, 6.07) is 28.3. The minimum Gasteiger partial charge on any atom is -0.497 e. The van der Waals surface area contributed by atoms with Gasteiger partial charge < -0.3 is 14.4 Å². The monoisotopic (exact) mass is 575 g/mol. The van der Waals surface area contributed by atoms with E-state index in [-0.39, 0.29) is 5.88 Å². The molecule has 0 N–H and O–H groups in total. The van der Waals surface area contributed by atoms with Crippen LogP contribution in [0.1, 0.15) is 22.8 Å². The van der Waals surface area contributed by atoms with Gasteiger partial charge in [-0.15, -0.1) is 11.6 Å². The predicted octanol–water partition coefficient (Wildman–Crippen LogP) is 7.95. The van der Waals surface area contributed by atoms with Crippen LogP contribution in [0.3, 0.4) is 0 Å². The van der Waals surface area contributed by atoms with Crippen LogP contribution < -0.4 is 14.4 Å². The summed E-state index contributed by atoms with van der Waals surface area (Å²) in [5, 5.41) is 1.87. The standard InChI is InChI=1S/C34H30ClN5O2/c1-21-27(24-11-15-26(42-4)16-12-24)17-18-30-32(21)34(37-22(2)36-30)40(20-23-9-13-25(41-3)14-10-23)33-28-7-5-6-8-29(28)38-31(19-35)39-33/h5-18H,19-20H2,1-4H3. The molecule has 2 heterocycles. The quantitative estimate of drug-likeness (QED) is 0.170. The molecule has 0 fully saturated rings. The van der Waals surface area contributed by atoms with Crippen molar-refractivity contribution >= 4 is 45.0 Å². The third-order valence-corrected chi connectivity index (χ3v) is 7.62. The molecule has 0 aliphatic rings. The lowest BCUT2D eigenvalue weighted by molar-refractivity contribution is 0.414. The summed E-state index contributed by atoms with van der Waals surface area (Å²) in [5.41, 5.74) is 6.01. The second-order valence-electron chi connectivity index (χ2n) is 10.0. The summed E-state index contributed by atoms with van der Waals surface area (Å²) in [7, 11) is 3.34. The van der Waals surface area contributed by atoms with Crippen molar-refractivity contribution in [1.82, 2.24) is 19.9 Å². The summed E-state index contributed by atoms with van der Waals surface area (Å²) in [5.74, 6) is 4.53. The zero-order chi connectivity index (χ0) is 29.2. The fourth-order valence-corrected chi connectivity index (χ4v) is 5.42. The number of rotatable bonds is 8. The fraction of sp³-hybridized carbons (Fsp3) is 0.176. The van der Waals surface area contributed by atoms with Gasteiger partial charge in [-0.05, 0) is 78.6 Å². The highest BCUT2D eigenvalue weighted by molar-refractivity contribution is 6.16. The molecule has 0 saturated heterocycles. The molecule has 0 radical (unpaired) electrons. The Kier molecular flexibility index (Phi) is 7.59. The van der Waals surface area contributed by atoms with Gasteiger partial charge in [0.1, 0.15) is 34.8 Å². The van der Waals surface area contributed by atoms with Gasteiger partial charge >= 0.3 is 0 Å². The molecule has 6 rings (SSSR count).